The fourth-order valence-electron chi connectivity index (χ4n) is 2.40. The van der Waals surface area contributed by atoms with Crippen molar-refractivity contribution in [3.8, 4) is 0 Å². The number of nitrogens with zero attached hydrogens (tertiary/aromatic N) is 1. The Hall–Kier alpha value is -2.56. The zero-order valence-electron chi connectivity index (χ0n) is 11.0. The summed E-state index contributed by atoms with van der Waals surface area (Å²) in [6.07, 6.45) is 0.0939. The molecule has 0 saturated carbocycles. The second-order valence-corrected chi connectivity index (χ2v) is 4.78. The predicted octanol–water partition coefficient (Wildman–Crippen LogP) is 3.20. The van der Waals surface area contributed by atoms with Crippen molar-refractivity contribution in [3.05, 3.63) is 65.2 Å². The third kappa shape index (κ3) is 2.31. The Labute approximate surface area is 119 Å². The lowest BCUT2D eigenvalue weighted by molar-refractivity contribution is 0.0954. The van der Waals surface area contributed by atoms with E-state index < -0.39 is 11.6 Å². The number of fused-ring (bicyclic) bond motifs is 1. The first-order valence-corrected chi connectivity index (χ1v) is 6.47. The van der Waals surface area contributed by atoms with Gasteiger partial charge in [-0.2, -0.15) is 0 Å². The summed E-state index contributed by atoms with van der Waals surface area (Å²) in [5.74, 6) is -2.79. The SMILES string of the molecule is O=C1CCN(C(=O)c2ccccc2)c2cc(F)c(F)cc21. The zero-order valence-corrected chi connectivity index (χ0v) is 11.0. The molecular formula is C16H11F2NO2. The number of ketones is 1. The van der Waals surface area contributed by atoms with Gasteiger partial charge in [0.15, 0.2) is 17.4 Å². The van der Waals surface area contributed by atoms with E-state index in [0.717, 1.165) is 12.1 Å². The van der Waals surface area contributed by atoms with Crippen LogP contribution in [0.2, 0.25) is 0 Å². The van der Waals surface area contributed by atoms with Gasteiger partial charge in [0.2, 0.25) is 0 Å². The summed E-state index contributed by atoms with van der Waals surface area (Å²) >= 11 is 0. The molecular weight excluding hydrogens is 276 g/mol. The van der Waals surface area contributed by atoms with Gasteiger partial charge in [0.05, 0.1) is 5.69 Å². The summed E-state index contributed by atoms with van der Waals surface area (Å²) in [6, 6.07) is 10.2. The van der Waals surface area contributed by atoms with Gasteiger partial charge in [0, 0.05) is 30.2 Å². The van der Waals surface area contributed by atoms with Gasteiger partial charge in [-0.15, -0.1) is 0 Å². The van der Waals surface area contributed by atoms with Crippen LogP contribution in [0.1, 0.15) is 27.1 Å². The molecule has 0 fully saturated rings. The van der Waals surface area contributed by atoms with E-state index in [1.54, 1.807) is 30.3 Å². The molecule has 0 radical (unpaired) electrons. The first kappa shape index (κ1) is 13.4. The maximum absolute atomic E-state index is 13.4. The lowest BCUT2D eigenvalue weighted by atomic mass is 9.99. The number of halogens is 2. The van der Waals surface area contributed by atoms with Crippen LogP contribution < -0.4 is 4.90 Å². The van der Waals surface area contributed by atoms with Gasteiger partial charge in [-0.1, -0.05) is 18.2 Å². The third-order valence-electron chi connectivity index (χ3n) is 3.46. The summed E-state index contributed by atoms with van der Waals surface area (Å²) in [5.41, 5.74) is 0.603. The normalized spacial score (nSPS) is 14.0. The highest BCUT2D eigenvalue weighted by atomic mass is 19.2. The van der Waals surface area contributed by atoms with Gasteiger partial charge in [-0.05, 0) is 18.2 Å². The molecule has 3 rings (SSSR count). The summed E-state index contributed by atoms with van der Waals surface area (Å²) < 4.78 is 26.7. The number of amides is 1. The number of hydrogen-bond acceptors (Lipinski definition) is 2. The van der Waals surface area contributed by atoms with Crippen LogP contribution in [0.5, 0.6) is 0 Å². The predicted molar refractivity (Wildman–Crippen MR) is 73.4 cm³/mol. The highest BCUT2D eigenvalue weighted by molar-refractivity contribution is 6.13. The van der Waals surface area contributed by atoms with Crippen molar-refractivity contribution in [2.45, 2.75) is 6.42 Å². The number of carbonyl (C=O) groups is 2. The molecule has 2 aromatic carbocycles. The van der Waals surface area contributed by atoms with Gasteiger partial charge >= 0.3 is 0 Å². The van der Waals surface area contributed by atoms with Gasteiger partial charge < -0.3 is 4.90 Å². The molecule has 0 spiro atoms. The second-order valence-electron chi connectivity index (χ2n) is 4.78. The van der Waals surface area contributed by atoms with Crippen molar-refractivity contribution in [3.63, 3.8) is 0 Å². The standard InChI is InChI=1S/C16H11F2NO2/c17-12-8-11-14(9-13(12)18)19(7-6-15(11)20)16(21)10-4-2-1-3-5-10/h1-5,8-9H,6-7H2. The van der Waals surface area contributed by atoms with Crippen LogP contribution in [0, 0.1) is 11.6 Å². The Bertz CT molecular complexity index is 729. The van der Waals surface area contributed by atoms with Crippen molar-refractivity contribution < 1.29 is 18.4 Å². The Morgan fingerprint density at radius 3 is 2.43 bits per heavy atom. The van der Waals surface area contributed by atoms with Crippen molar-refractivity contribution >= 4 is 17.4 Å². The second kappa shape index (κ2) is 5.09. The van der Waals surface area contributed by atoms with E-state index in [0.29, 0.717) is 5.56 Å². The third-order valence-corrected chi connectivity index (χ3v) is 3.46. The van der Waals surface area contributed by atoms with Crippen LogP contribution in [-0.4, -0.2) is 18.2 Å². The minimum Gasteiger partial charge on any atom is -0.307 e. The van der Waals surface area contributed by atoms with Gasteiger partial charge in [0.1, 0.15) is 0 Å². The molecule has 0 atom stereocenters. The van der Waals surface area contributed by atoms with Crippen molar-refractivity contribution in [2.75, 3.05) is 11.4 Å². The molecule has 21 heavy (non-hydrogen) atoms. The minimum atomic E-state index is -1.09. The van der Waals surface area contributed by atoms with E-state index in [2.05, 4.69) is 0 Å². The number of benzene rings is 2. The Kier molecular flexibility index (Phi) is 3.25. The number of anilines is 1. The Morgan fingerprint density at radius 1 is 1.05 bits per heavy atom. The summed E-state index contributed by atoms with van der Waals surface area (Å²) in [6.45, 7) is 0.157. The molecule has 0 aromatic heterocycles. The Balaban J connectivity index is 2.07. The fourth-order valence-corrected chi connectivity index (χ4v) is 2.40. The van der Waals surface area contributed by atoms with Crippen molar-refractivity contribution in [1.29, 1.82) is 0 Å². The van der Waals surface area contributed by atoms with Crippen LogP contribution in [-0.2, 0) is 0 Å². The quantitative estimate of drug-likeness (QED) is 0.807. The molecule has 0 saturated heterocycles. The monoisotopic (exact) mass is 287 g/mol. The molecule has 0 N–H and O–H groups in total. The van der Waals surface area contributed by atoms with Crippen LogP contribution in [0.15, 0.2) is 42.5 Å². The zero-order chi connectivity index (χ0) is 15.0. The van der Waals surface area contributed by atoms with E-state index in [1.165, 1.54) is 4.90 Å². The molecule has 5 heteroatoms. The summed E-state index contributed by atoms with van der Waals surface area (Å²) in [4.78, 5) is 25.6. The minimum absolute atomic E-state index is 0.0458. The highest BCUT2D eigenvalue weighted by Crippen LogP contribution is 2.30. The first-order chi connectivity index (χ1) is 10.1. The van der Waals surface area contributed by atoms with Gasteiger partial charge in [-0.3, -0.25) is 9.59 Å². The molecule has 1 amide bonds. The van der Waals surface area contributed by atoms with E-state index in [-0.39, 0.29) is 35.9 Å². The molecule has 3 nitrogen and oxygen atoms in total. The number of carbonyl (C=O) groups excluding carboxylic acids is 2. The Morgan fingerprint density at radius 2 is 1.71 bits per heavy atom. The lowest BCUT2D eigenvalue weighted by Gasteiger charge is -2.28. The average molecular weight is 287 g/mol. The number of rotatable bonds is 1. The van der Waals surface area contributed by atoms with E-state index in [4.69, 9.17) is 0 Å². The fraction of sp³-hybridized carbons (Fsp3) is 0.125. The van der Waals surface area contributed by atoms with Crippen molar-refractivity contribution in [2.24, 2.45) is 0 Å². The summed E-state index contributed by atoms with van der Waals surface area (Å²) in [7, 11) is 0. The van der Waals surface area contributed by atoms with Gasteiger partial charge in [-0.25, -0.2) is 8.78 Å². The molecule has 106 valence electrons. The molecule has 1 aliphatic heterocycles. The van der Waals surface area contributed by atoms with Crippen LogP contribution in [0.25, 0.3) is 0 Å². The van der Waals surface area contributed by atoms with Crippen molar-refractivity contribution in [1.82, 2.24) is 0 Å². The molecule has 0 unspecified atom stereocenters. The maximum Gasteiger partial charge on any atom is 0.258 e. The number of hydrogen-bond donors (Lipinski definition) is 0. The van der Waals surface area contributed by atoms with E-state index in [9.17, 15) is 18.4 Å². The largest absolute Gasteiger partial charge is 0.307 e. The van der Waals surface area contributed by atoms with Crippen LogP contribution in [0.3, 0.4) is 0 Å². The van der Waals surface area contributed by atoms with Gasteiger partial charge in [0.25, 0.3) is 5.91 Å². The smallest absolute Gasteiger partial charge is 0.258 e. The number of Topliss-reactive ketones (excluding diaryl/α,β-unsaturated/α-hetero) is 1. The molecule has 2 aromatic rings. The lowest BCUT2D eigenvalue weighted by Crippen LogP contribution is -2.37. The van der Waals surface area contributed by atoms with E-state index in [1.807, 2.05) is 0 Å². The topological polar surface area (TPSA) is 37.4 Å². The summed E-state index contributed by atoms with van der Waals surface area (Å²) in [5, 5.41) is 0. The molecule has 0 bridgehead atoms. The highest BCUT2D eigenvalue weighted by Gasteiger charge is 2.29. The molecule has 1 heterocycles. The van der Waals surface area contributed by atoms with E-state index >= 15 is 0 Å². The molecule has 1 aliphatic rings. The average Bonchev–Trinajstić information content (AvgIpc) is 2.50. The van der Waals surface area contributed by atoms with Crippen LogP contribution >= 0.6 is 0 Å². The molecule has 0 aliphatic carbocycles. The van der Waals surface area contributed by atoms with Crippen LogP contribution in [0.4, 0.5) is 14.5 Å². The maximum atomic E-state index is 13.4. The first-order valence-electron chi connectivity index (χ1n) is 6.47.